The Morgan fingerprint density at radius 3 is 2.17 bits per heavy atom. The van der Waals surface area contributed by atoms with Gasteiger partial charge in [-0.3, -0.25) is 0 Å². The van der Waals surface area contributed by atoms with Crippen LogP contribution in [0.2, 0.25) is 0 Å². The molecule has 3 nitrogen and oxygen atoms in total. The van der Waals surface area contributed by atoms with Gasteiger partial charge in [0.2, 0.25) is 6.36 Å². The number of alkyl halides is 4. The zero-order valence-electron chi connectivity index (χ0n) is 9.24. The molecule has 0 aliphatic rings. The number of halogens is 4. The maximum atomic E-state index is 12.8. The van der Waals surface area contributed by atoms with Crippen molar-refractivity contribution in [3.63, 3.8) is 0 Å². The second-order valence-electron chi connectivity index (χ2n) is 3.59. The van der Waals surface area contributed by atoms with E-state index in [1.54, 1.807) is 6.92 Å². The molecule has 0 radical (unpaired) electrons. The van der Waals surface area contributed by atoms with Gasteiger partial charge in [-0.15, -0.1) is 0 Å². The largest absolute Gasteiger partial charge is 0.394 e. The molecule has 0 saturated carbocycles. The highest BCUT2D eigenvalue weighted by molar-refractivity contribution is 7.86. The van der Waals surface area contributed by atoms with Gasteiger partial charge in [-0.1, -0.05) is 17.7 Å². The monoisotopic (exact) mass is 286 g/mol. The van der Waals surface area contributed by atoms with Gasteiger partial charge in [-0.2, -0.15) is 21.6 Å². The maximum Gasteiger partial charge on any atom is 0.394 e. The normalized spacial score (nSPS) is 14.5. The Balaban J connectivity index is 2.79. The Kier molecular flexibility index (Phi) is 4.33. The van der Waals surface area contributed by atoms with Crippen molar-refractivity contribution in [1.82, 2.24) is 0 Å². The molecule has 0 aliphatic heterocycles. The Morgan fingerprint density at radius 1 is 1.22 bits per heavy atom. The van der Waals surface area contributed by atoms with Crippen LogP contribution in [-0.2, 0) is 14.3 Å². The lowest BCUT2D eigenvalue weighted by Crippen LogP contribution is -2.21. The minimum Gasteiger partial charge on any atom is -0.229 e. The topological polar surface area (TPSA) is 43.4 Å². The van der Waals surface area contributed by atoms with Gasteiger partial charge in [0, 0.05) is 0 Å². The van der Waals surface area contributed by atoms with E-state index in [1.807, 2.05) is 0 Å². The summed E-state index contributed by atoms with van der Waals surface area (Å²) < 4.78 is 74.9. The van der Waals surface area contributed by atoms with Crippen LogP contribution in [0.25, 0.3) is 0 Å². The molecule has 0 saturated heterocycles. The molecular weight excluding hydrogens is 276 g/mol. The molecule has 8 heteroatoms. The van der Waals surface area contributed by atoms with Crippen molar-refractivity contribution in [3.05, 3.63) is 29.8 Å². The van der Waals surface area contributed by atoms with Crippen LogP contribution in [0, 0.1) is 6.92 Å². The van der Waals surface area contributed by atoms with Crippen LogP contribution in [0.15, 0.2) is 29.2 Å². The lowest BCUT2D eigenvalue weighted by atomic mass is 10.2. The molecule has 1 aromatic carbocycles. The summed E-state index contributed by atoms with van der Waals surface area (Å²) in [6.45, 7) is 1.69. The summed E-state index contributed by atoms with van der Waals surface area (Å²) >= 11 is 0. The molecule has 102 valence electrons. The summed E-state index contributed by atoms with van der Waals surface area (Å²) in [5.74, 6) is 0. The first-order valence-corrected chi connectivity index (χ1v) is 6.22. The molecule has 1 unspecified atom stereocenters. The van der Waals surface area contributed by atoms with E-state index in [1.165, 1.54) is 12.1 Å². The van der Waals surface area contributed by atoms with Gasteiger partial charge in [0.25, 0.3) is 10.1 Å². The summed E-state index contributed by atoms with van der Waals surface area (Å²) in [7, 11) is -4.52. The molecule has 18 heavy (non-hydrogen) atoms. The molecule has 0 aliphatic carbocycles. The average Bonchev–Trinajstić information content (AvgIpc) is 2.13. The quantitative estimate of drug-likeness (QED) is 0.631. The molecule has 1 aromatic rings. The Hall–Kier alpha value is -1.15. The lowest BCUT2D eigenvalue weighted by Gasteiger charge is -2.12. The molecule has 0 N–H and O–H groups in total. The van der Waals surface area contributed by atoms with Crippen molar-refractivity contribution in [2.24, 2.45) is 0 Å². The van der Waals surface area contributed by atoms with E-state index >= 15 is 0 Å². The molecular formula is C10H10F4O3S. The number of hydrogen-bond donors (Lipinski definition) is 0. The fourth-order valence-electron chi connectivity index (χ4n) is 1.11. The van der Waals surface area contributed by atoms with Crippen molar-refractivity contribution in [1.29, 1.82) is 0 Å². The van der Waals surface area contributed by atoms with Crippen LogP contribution in [0.5, 0.6) is 0 Å². The van der Waals surface area contributed by atoms with E-state index in [4.69, 9.17) is 0 Å². The summed E-state index contributed by atoms with van der Waals surface area (Å²) in [6, 6.07) is 5.11. The van der Waals surface area contributed by atoms with E-state index in [0.29, 0.717) is 0 Å². The van der Waals surface area contributed by atoms with Gasteiger partial charge in [-0.05, 0) is 19.1 Å². The highest BCUT2D eigenvalue weighted by Crippen LogP contribution is 2.26. The van der Waals surface area contributed by atoms with E-state index in [9.17, 15) is 26.0 Å². The molecule has 0 amide bonds. The third kappa shape index (κ3) is 4.61. The van der Waals surface area contributed by atoms with Gasteiger partial charge in [0.15, 0.2) is 0 Å². The van der Waals surface area contributed by atoms with Crippen LogP contribution in [0.4, 0.5) is 17.6 Å². The van der Waals surface area contributed by atoms with Crippen LogP contribution in [0.3, 0.4) is 0 Å². The third-order valence-corrected chi connectivity index (χ3v) is 3.24. The zero-order chi connectivity index (χ0) is 14.0. The van der Waals surface area contributed by atoms with Crippen molar-refractivity contribution in [2.75, 3.05) is 0 Å². The Morgan fingerprint density at radius 2 is 1.72 bits per heavy atom. The predicted octanol–water partition coefficient (Wildman–Crippen LogP) is 2.95. The van der Waals surface area contributed by atoms with Crippen LogP contribution < -0.4 is 0 Å². The summed E-state index contributed by atoms with van der Waals surface area (Å²) in [4.78, 5) is -0.391. The number of hydrogen-bond acceptors (Lipinski definition) is 3. The zero-order valence-corrected chi connectivity index (χ0v) is 10.1. The first-order valence-electron chi connectivity index (χ1n) is 4.81. The fraction of sp³-hybridized carbons (Fsp3) is 0.400. The van der Waals surface area contributed by atoms with E-state index < -0.39 is 34.0 Å². The van der Waals surface area contributed by atoms with Gasteiger partial charge >= 0.3 is 6.18 Å². The van der Waals surface area contributed by atoms with Crippen molar-refractivity contribution in [3.8, 4) is 0 Å². The van der Waals surface area contributed by atoms with Gasteiger partial charge in [0.05, 0.1) is 4.90 Å². The molecule has 0 bridgehead atoms. The van der Waals surface area contributed by atoms with Crippen LogP contribution in [-0.4, -0.2) is 21.0 Å². The summed E-state index contributed by atoms with van der Waals surface area (Å²) in [5, 5.41) is 0. The number of rotatable bonds is 4. The highest BCUT2D eigenvalue weighted by atomic mass is 32.2. The third-order valence-electron chi connectivity index (χ3n) is 1.93. The standard InChI is InChI=1S/C10H10F4O3S/c1-7-2-4-8(5-3-7)18(15,16)17-9(11)6-10(12,13)14/h2-5,9H,6H2,1H3. The minimum atomic E-state index is -4.83. The second-order valence-corrected chi connectivity index (χ2v) is 5.16. The van der Waals surface area contributed by atoms with E-state index in [-0.39, 0.29) is 0 Å². The lowest BCUT2D eigenvalue weighted by molar-refractivity contribution is -0.165. The Bertz CT molecular complexity index is 493. The first kappa shape index (κ1) is 14.9. The van der Waals surface area contributed by atoms with Crippen molar-refractivity contribution >= 4 is 10.1 Å². The maximum absolute atomic E-state index is 12.8. The fourth-order valence-corrected chi connectivity index (χ4v) is 2.04. The summed E-state index contributed by atoms with van der Waals surface area (Å²) in [5.41, 5.74) is 0.751. The number of aryl methyl sites for hydroxylation is 1. The molecule has 1 rings (SSSR count). The van der Waals surface area contributed by atoms with Crippen molar-refractivity contribution in [2.45, 2.75) is 30.8 Å². The van der Waals surface area contributed by atoms with Gasteiger partial charge in [0.1, 0.15) is 6.42 Å². The number of benzene rings is 1. The van der Waals surface area contributed by atoms with Crippen LogP contribution >= 0.6 is 0 Å². The first-order chi connectivity index (χ1) is 8.10. The molecule has 1 atom stereocenters. The minimum absolute atomic E-state index is 0.391. The second kappa shape index (κ2) is 5.23. The van der Waals surface area contributed by atoms with E-state index in [0.717, 1.165) is 17.7 Å². The predicted molar refractivity (Wildman–Crippen MR) is 55.0 cm³/mol. The Labute approximate surface area is 102 Å². The molecule has 0 fully saturated rings. The van der Waals surface area contributed by atoms with Gasteiger partial charge in [-0.25, -0.2) is 8.57 Å². The SMILES string of the molecule is Cc1ccc(S(=O)(=O)OC(F)CC(F)(F)F)cc1. The van der Waals surface area contributed by atoms with E-state index in [2.05, 4.69) is 4.18 Å². The van der Waals surface area contributed by atoms with Crippen molar-refractivity contribution < 1.29 is 30.2 Å². The average molecular weight is 286 g/mol. The van der Waals surface area contributed by atoms with Crippen LogP contribution in [0.1, 0.15) is 12.0 Å². The molecule has 0 aromatic heterocycles. The smallest absolute Gasteiger partial charge is 0.229 e. The molecule has 0 spiro atoms. The highest BCUT2D eigenvalue weighted by Gasteiger charge is 2.35. The molecule has 0 heterocycles. The summed E-state index contributed by atoms with van der Waals surface area (Å²) in [6.07, 6.45) is -9.75. The van der Waals surface area contributed by atoms with Gasteiger partial charge < -0.3 is 0 Å².